The van der Waals surface area contributed by atoms with E-state index in [9.17, 15) is 28.7 Å². The van der Waals surface area contributed by atoms with Gasteiger partial charge in [0.05, 0.1) is 15.6 Å². The van der Waals surface area contributed by atoms with Gasteiger partial charge in [-0.15, -0.1) is 0 Å². The molecule has 0 aromatic rings. The minimum atomic E-state index is -5.68. The maximum Gasteiger partial charge on any atom is 0.0655 e. The molecule has 67 valence electrons. The maximum absolute atomic E-state index is 9.32. The van der Waals surface area contributed by atoms with E-state index < -0.39 is 15.6 Å². The molecule has 0 unspecified atom stereocenters. The van der Waals surface area contributed by atoms with Crippen LogP contribution in [-0.4, -0.2) is 0 Å². The van der Waals surface area contributed by atoms with Gasteiger partial charge >= 0.3 is 0 Å². The molecule has 0 bridgehead atoms. The second kappa shape index (κ2) is 4.13. The third kappa shape index (κ3) is 11.8. The molecule has 0 heterocycles. The Balaban J connectivity index is 0. The summed E-state index contributed by atoms with van der Waals surface area (Å²) in [5.74, 6) is 0. The zero-order valence-electron chi connectivity index (χ0n) is 4.05. The summed E-state index contributed by atoms with van der Waals surface area (Å²) in [6.45, 7) is 0. The first-order valence-corrected chi connectivity index (χ1v) is 4.38. The van der Waals surface area contributed by atoms with Crippen molar-refractivity contribution >= 4 is 15.6 Å². The van der Waals surface area contributed by atoms with Crippen LogP contribution in [0.25, 0.3) is 0 Å². The Morgan fingerprint density at radius 1 is 0.900 bits per heavy atom. The molecule has 0 atom stereocenters. The topological polar surface area (TPSA) is 136 Å². The summed E-state index contributed by atoms with van der Waals surface area (Å²) in [5.41, 5.74) is 0. The number of hydrogen-bond donors (Lipinski definition) is 0. The molecule has 10 heteroatoms. The second-order valence-electron chi connectivity index (χ2n) is 0.976. The third-order valence-corrected chi connectivity index (χ3v) is 1.80. The molecule has 0 rings (SSSR count). The summed E-state index contributed by atoms with van der Waals surface area (Å²) < 4.78 is 21.2. The van der Waals surface area contributed by atoms with E-state index in [2.05, 4.69) is 4.31 Å². The van der Waals surface area contributed by atoms with Crippen molar-refractivity contribution in [2.45, 2.75) is 0 Å². The fourth-order valence-corrected chi connectivity index (χ4v) is 1.10. The van der Waals surface area contributed by atoms with Gasteiger partial charge in [0, 0.05) is 22.4 Å². The summed E-state index contributed by atoms with van der Waals surface area (Å²) in [5, 5.41) is 0. The van der Waals surface area contributed by atoms with Gasteiger partial charge in [0.15, 0.2) is 0 Å². The summed E-state index contributed by atoms with van der Waals surface area (Å²) in [7, 11) is -11.4. The molecular weight excluding hydrogens is 371 g/mol. The van der Waals surface area contributed by atoms with Gasteiger partial charge in [-0.2, -0.15) is 0 Å². The van der Waals surface area contributed by atoms with Crippen LogP contribution in [0.1, 0.15) is 0 Å². The molecule has 1 radical (unpaired) electrons. The largest absolute Gasteiger partial charge is 0.790 e. The van der Waals surface area contributed by atoms with Crippen molar-refractivity contribution in [1.82, 2.24) is 0 Å². The Morgan fingerprint density at radius 3 is 1.10 bits per heavy atom. The average molecular weight is 371 g/mol. The van der Waals surface area contributed by atoms with E-state index in [0.717, 1.165) is 0 Å². The zero-order chi connectivity index (χ0) is 7.71. The van der Waals surface area contributed by atoms with Crippen LogP contribution in [0, 0.1) is 0 Å². The Kier molecular flexibility index (Phi) is 5.61. The molecule has 7 nitrogen and oxygen atoms in total. The van der Waals surface area contributed by atoms with E-state index in [-0.39, 0.29) is 22.4 Å². The Morgan fingerprint density at radius 2 is 1.10 bits per heavy atom. The van der Waals surface area contributed by atoms with Crippen LogP contribution in [0.5, 0.6) is 0 Å². The van der Waals surface area contributed by atoms with Gasteiger partial charge in [0.25, 0.3) is 0 Å². The molecule has 0 aromatic heterocycles. The molecule has 0 saturated carbocycles. The van der Waals surface area contributed by atoms with Crippen molar-refractivity contribution in [3.05, 3.63) is 0 Å². The molecular formula is AuO7P2-4. The van der Waals surface area contributed by atoms with Gasteiger partial charge in [-0.25, -0.2) is 0 Å². The van der Waals surface area contributed by atoms with Crippen LogP contribution < -0.4 is 19.6 Å². The van der Waals surface area contributed by atoms with Crippen molar-refractivity contribution in [2.75, 3.05) is 0 Å². The molecule has 0 aliphatic carbocycles. The van der Waals surface area contributed by atoms with Gasteiger partial charge in [-0.05, 0) is 0 Å². The minimum Gasteiger partial charge on any atom is -0.790 e. The monoisotopic (exact) mass is 371 g/mol. The van der Waals surface area contributed by atoms with Crippen LogP contribution in [0.15, 0.2) is 0 Å². The minimum absolute atomic E-state index is 0. The summed E-state index contributed by atoms with van der Waals surface area (Å²) in [6.07, 6.45) is 0. The van der Waals surface area contributed by atoms with Crippen molar-refractivity contribution in [1.29, 1.82) is 0 Å². The summed E-state index contributed by atoms with van der Waals surface area (Å²) in [6, 6.07) is 0. The molecule has 10 heavy (non-hydrogen) atoms. The second-order valence-corrected chi connectivity index (χ2v) is 3.42. The normalized spacial score (nSPS) is 12.4. The summed E-state index contributed by atoms with van der Waals surface area (Å²) in [4.78, 5) is 37.3. The molecule has 0 amide bonds. The maximum atomic E-state index is 9.32. The van der Waals surface area contributed by atoms with Crippen molar-refractivity contribution in [3.63, 3.8) is 0 Å². The molecule has 0 aromatic carbocycles. The molecule has 0 N–H and O–H groups in total. The van der Waals surface area contributed by atoms with E-state index in [1.165, 1.54) is 0 Å². The first-order chi connectivity index (χ1) is 3.71. The predicted molar refractivity (Wildman–Crippen MR) is 16.3 cm³/mol. The van der Waals surface area contributed by atoms with Gasteiger partial charge in [0.1, 0.15) is 0 Å². The van der Waals surface area contributed by atoms with Crippen LogP contribution in [0.4, 0.5) is 0 Å². The van der Waals surface area contributed by atoms with Crippen LogP contribution in [-0.2, 0) is 35.8 Å². The van der Waals surface area contributed by atoms with Crippen LogP contribution in [0.3, 0.4) is 0 Å². The van der Waals surface area contributed by atoms with Crippen LogP contribution in [0.2, 0.25) is 0 Å². The fraction of sp³-hybridized carbons (Fsp3) is 0. The van der Waals surface area contributed by atoms with Gasteiger partial charge in [0.2, 0.25) is 0 Å². The Bertz CT molecular complexity index is 152. The fourth-order valence-electron chi connectivity index (χ4n) is 0.122. The molecule has 0 spiro atoms. The zero-order valence-corrected chi connectivity index (χ0v) is 8.01. The average Bonchev–Trinajstić information content (AvgIpc) is 1.14. The number of phosphoric acid groups is 2. The van der Waals surface area contributed by atoms with Gasteiger partial charge in [-0.1, -0.05) is 0 Å². The van der Waals surface area contributed by atoms with E-state index in [1.54, 1.807) is 0 Å². The molecule has 0 saturated heterocycles. The standard InChI is InChI=1S/Au.H4O7P2/c;1-8(2,3)7-9(4,5)6/h;(H2,1,2,3)(H2,4,5,6)/p-4. The van der Waals surface area contributed by atoms with Crippen molar-refractivity contribution < 1.29 is 55.4 Å². The quantitative estimate of drug-likeness (QED) is 0.366. The first kappa shape index (κ1) is 13.6. The van der Waals surface area contributed by atoms with Crippen molar-refractivity contribution in [2.24, 2.45) is 0 Å². The van der Waals surface area contributed by atoms with Gasteiger partial charge < -0.3 is 33.0 Å². The molecule has 0 aliphatic heterocycles. The molecule has 0 fully saturated rings. The Hall–Kier alpha value is 1.00. The number of hydrogen-bond acceptors (Lipinski definition) is 7. The SMILES string of the molecule is O=P([O-])([O-])OP(=O)([O-])[O-].[Au]. The van der Waals surface area contributed by atoms with E-state index in [4.69, 9.17) is 0 Å². The van der Waals surface area contributed by atoms with Crippen molar-refractivity contribution in [3.8, 4) is 0 Å². The van der Waals surface area contributed by atoms with E-state index in [1.807, 2.05) is 0 Å². The first-order valence-electron chi connectivity index (χ1n) is 1.46. The predicted octanol–water partition coefficient (Wildman–Crippen LogP) is -3.34. The summed E-state index contributed by atoms with van der Waals surface area (Å²) >= 11 is 0. The van der Waals surface area contributed by atoms with E-state index in [0.29, 0.717) is 0 Å². The Labute approximate surface area is 71.4 Å². The number of rotatable bonds is 2. The van der Waals surface area contributed by atoms with E-state index >= 15 is 0 Å². The van der Waals surface area contributed by atoms with Crippen LogP contribution >= 0.6 is 15.6 Å². The smallest absolute Gasteiger partial charge is 0.0655 e. The molecule has 0 aliphatic rings. The van der Waals surface area contributed by atoms with Gasteiger partial charge in [-0.3, -0.25) is 0 Å². The third-order valence-electron chi connectivity index (χ3n) is 0.200.